The van der Waals surface area contributed by atoms with Gasteiger partial charge in [0.2, 0.25) is 0 Å². The Kier molecular flexibility index (Phi) is 13.6. The minimum absolute atomic E-state index is 0.240. The van der Waals surface area contributed by atoms with E-state index < -0.39 is 0 Å². The molecule has 5 nitrogen and oxygen atoms in total. The third kappa shape index (κ3) is 15.5. The molecule has 0 saturated heterocycles. The topological polar surface area (TPSA) is 56.8 Å². The third-order valence-electron chi connectivity index (χ3n) is 2.46. The highest BCUT2D eigenvalue weighted by Crippen LogP contribution is 1.90. The van der Waals surface area contributed by atoms with Crippen molar-refractivity contribution in [1.29, 1.82) is 0 Å². The Hall–Kier alpha value is -0.490. The van der Waals surface area contributed by atoms with E-state index in [4.69, 9.17) is 14.2 Å². The Labute approximate surface area is 117 Å². The van der Waals surface area contributed by atoms with Gasteiger partial charge in [-0.25, -0.2) is 0 Å². The number of ether oxygens (including phenoxy) is 3. The molecule has 0 heterocycles. The van der Waals surface area contributed by atoms with Gasteiger partial charge < -0.3 is 19.5 Å². The van der Waals surface area contributed by atoms with Crippen LogP contribution in [0.5, 0.6) is 0 Å². The van der Waals surface area contributed by atoms with Gasteiger partial charge >= 0.3 is 0 Å². The molecule has 0 spiro atoms. The van der Waals surface area contributed by atoms with Crippen molar-refractivity contribution in [1.82, 2.24) is 5.32 Å². The van der Waals surface area contributed by atoms with Crippen LogP contribution in [0.3, 0.4) is 0 Å². The predicted octanol–water partition coefficient (Wildman–Crippen LogP) is 1.40. The van der Waals surface area contributed by atoms with Crippen LogP contribution in [0, 0.1) is 0 Å². The molecule has 1 N–H and O–H groups in total. The van der Waals surface area contributed by atoms with Crippen molar-refractivity contribution in [3.05, 3.63) is 0 Å². The molecular formula is C14H29NO4. The van der Waals surface area contributed by atoms with Gasteiger partial charge in [-0.1, -0.05) is 20.8 Å². The summed E-state index contributed by atoms with van der Waals surface area (Å²) in [6.07, 6.45) is 1.09. The highest BCUT2D eigenvalue weighted by molar-refractivity contribution is 5.78. The zero-order valence-electron chi connectivity index (χ0n) is 12.6. The molecule has 0 atom stereocenters. The van der Waals surface area contributed by atoms with Crippen molar-refractivity contribution in [3.63, 3.8) is 0 Å². The molecule has 0 aromatic rings. The molecule has 0 rings (SSSR count). The Morgan fingerprint density at radius 2 is 1.47 bits per heavy atom. The lowest BCUT2D eigenvalue weighted by Crippen LogP contribution is -2.27. The fraction of sp³-hybridized carbons (Fsp3) is 0.929. The van der Waals surface area contributed by atoms with Gasteiger partial charge in [-0.05, 0) is 0 Å². The van der Waals surface area contributed by atoms with Crippen LogP contribution in [-0.2, 0) is 19.0 Å². The van der Waals surface area contributed by atoms with E-state index in [1.165, 1.54) is 0 Å². The first-order chi connectivity index (χ1) is 9.16. The number of nitrogens with one attached hydrogen (secondary N) is 1. The van der Waals surface area contributed by atoms with Gasteiger partial charge in [-0.15, -0.1) is 0 Å². The second-order valence-electron chi connectivity index (χ2n) is 4.59. The fourth-order valence-electron chi connectivity index (χ4n) is 1.32. The number of rotatable bonds is 14. The molecule has 0 aliphatic carbocycles. The Morgan fingerprint density at radius 3 is 2.00 bits per heavy atom. The summed E-state index contributed by atoms with van der Waals surface area (Å²) in [5, 5.41) is 3.27. The highest BCUT2D eigenvalue weighted by atomic mass is 16.5. The lowest BCUT2D eigenvalue weighted by molar-refractivity contribution is -0.119. The smallest absolute Gasteiger partial charge is 0.134 e. The lowest BCUT2D eigenvalue weighted by atomic mass is 10.2. The van der Waals surface area contributed by atoms with E-state index in [0.29, 0.717) is 58.5 Å². The number of Topliss-reactive ketones (excluding diaryl/α,β-unsaturated/α-hetero) is 1. The van der Waals surface area contributed by atoms with Crippen molar-refractivity contribution < 1.29 is 19.0 Å². The van der Waals surface area contributed by atoms with Crippen LogP contribution in [0.15, 0.2) is 0 Å². The number of hydrogen-bond donors (Lipinski definition) is 1. The summed E-state index contributed by atoms with van der Waals surface area (Å²) >= 11 is 0. The summed E-state index contributed by atoms with van der Waals surface area (Å²) in [6, 6.07) is 0.497. The lowest BCUT2D eigenvalue weighted by Gasteiger charge is -2.09. The van der Waals surface area contributed by atoms with E-state index in [9.17, 15) is 4.79 Å². The van der Waals surface area contributed by atoms with Gasteiger partial charge in [0.25, 0.3) is 0 Å². The molecular weight excluding hydrogens is 246 g/mol. The Balaban J connectivity index is 3.01. The normalized spacial score (nSPS) is 11.2. The van der Waals surface area contributed by atoms with E-state index in [1.807, 2.05) is 6.92 Å². The molecule has 19 heavy (non-hydrogen) atoms. The summed E-state index contributed by atoms with van der Waals surface area (Å²) in [7, 11) is 0. The summed E-state index contributed by atoms with van der Waals surface area (Å²) in [4.78, 5) is 11.0. The second-order valence-corrected chi connectivity index (χ2v) is 4.59. The van der Waals surface area contributed by atoms with Crippen LogP contribution >= 0.6 is 0 Å². The average Bonchev–Trinajstić information content (AvgIpc) is 2.39. The molecule has 0 bridgehead atoms. The van der Waals surface area contributed by atoms with Crippen molar-refractivity contribution in [2.45, 2.75) is 39.7 Å². The zero-order valence-corrected chi connectivity index (χ0v) is 12.6. The summed E-state index contributed by atoms with van der Waals surface area (Å²) in [6.45, 7) is 10.4. The van der Waals surface area contributed by atoms with E-state index in [2.05, 4.69) is 19.2 Å². The van der Waals surface area contributed by atoms with Crippen LogP contribution in [0.25, 0.3) is 0 Å². The molecule has 0 aliphatic rings. The number of carbonyl (C=O) groups is 1. The van der Waals surface area contributed by atoms with Gasteiger partial charge in [0.15, 0.2) is 0 Å². The summed E-state index contributed by atoms with van der Waals surface area (Å²) in [5.41, 5.74) is 0. The SMILES string of the molecule is CCC(=O)CCOCCOCCOCCNC(C)C. The summed E-state index contributed by atoms with van der Waals surface area (Å²) in [5.74, 6) is 0.240. The van der Waals surface area contributed by atoms with E-state index in [0.717, 1.165) is 6.54 Å². The largest absolute Gasteiger partial charge is 0.379 e. The van der Waals surface area contributed by atoms with Crippen molar-refractivity contribution in [3.8, 4) is 0 Å². The second kappa shape index (κ2) is 13.9. The maximum atomic E-state index is 11.0. The first-order valence-electron chi connectivity index (χ1n) is 7.15. The van der Waals surface area contributed by atoms with Crippen molar-refractivity contribution >= 4 is 5.78 Å². The number of ketones is 1. The minimum atomic E-state index is 0.240. The molecule has 0 unspecified atom stereocenters. The fourth-order valence-corrected chi connectivity index (χ4v) is 1.32. The van der Waals surface area contributed by atoms with E-state index >= 15 is 0 Å². The molecule has 0 aliphatic heterocycles. The number of carbonyl (C=O) groups excluding carboxylic acids is 1. The number of hydrogen-bond acceptors (Lipinski definition) is 5. The molecule has 5 heteroatoms. The van der Waals surface area contributed by atoms with Crippen molar-refractivity contribution in [2.24, 2.45) is 0 Å². The zero-order chi connectivity index (χ0) is 14.3. The molecule has 114 valence electrons. The molecule has 0 saturated carbocycles. The van der Waals surface area contributed by atoms with Crippen LogP contribution < -0.4 is 5.32 Å². The van der Waals surface area contributed by atoms with Gasteiger partial charge in [-0.3, -0.25) is 4.79 Å². The quantitative estimate of drug-likeness (QED) is 0.486. The molecule has 0 radical (unpaired) electrons. The van der Waals surface area contributed by atoms with Gasteiger partial charge in [0.1, 0.15) is 5.78 Å². The van der Waals surface area contributed by atoms with Crippen LogP contribution in [0.4, 0.5) is 0 Å². The van der Waals surface area contributed by atoms with Crippen LogP contribution in [-0.4, -0.2) is 58.0 Å². The first-order valence-corrected chi connectivity index (χ1v) is 7.15. The monoisotopic (exact) mass is 275 g/mol. The predicted molar refractivity (Wildman–Crippen MR) is 75.5 cm³/mol. The first kappa shape index (κ1) is 18.5. The molecule has 0 aromatic carbocycles. The molecule has 0 amide bonds. The van der Waals surface area contributed by atoms with Gasteiger partial charge in [0.05, 0.1) is 39.6 Å². The minimum Gasteiger partial charge on any atom is -0.379 e. The van der Waals surface area contributed by atoms with Gasteiger partial charge in [0, 0.05) is 25.4 Å². The maximum Gasteiger partial charge on any atom is 0.134 e. The third-order valence-corrected chi connectivity index (χ3v) is 2.46. The Morgan fingerprint density at radius 1 is 0.947 bits per heavy atom. The Bertz CT molecular complexity index is 210. The van der Waals surface area contributed by atoms with Gasteiger partial charge in [-0.2, -0.15) is 0 Å². The average molecular weight is 275 g/mol. The van der Waals surface area contributed by atoms with E-state index in [-0.39, 0.29) is 5.78 Å². The highest BCUT2D eigenvalue weighted by Gasteiger charge is 1.97. The molecule has 0 aromatic heterocycles. The van der Waals surface area contributed by atoms with Crippen LogP contribution in [0.2, 0.25) is 0 Å². The van der Waals surface area contributed by atoms with Crippen molar-refractivity contribution in [2.75, 3.05) is 46.2 Å². The van der Waals surface area contributed by atoms with E-state index in [1.54, 1.807) is 0 Å². The standard InChI is InChI=1S/C14H29NO4/c1-4-14(16)5-7-17-9-11-19-12-10-18-8-6-15-13(2)3/h13,15H,4-12H2,1-3H3. The maximum absolute atomic E-state index is 11.0. The summed E-state index contributed by atoms with van der Waals surface area (Å²) < 4.78 is 16.0. The molecule has 0 fully saturated rings. The van der Waals surface area contributed by atoms with Crippen LogP contribution in [0.1, 0.15) is 33.6 Å².